The van der Waals surface area contributed by atoms with Gasteiger partial charge in [-0.2, -0.15) is 13.2 Å². The Balaban J connectivity index is 2.57. The fourth-order valence-electron chi connectivity index (χ4n) is 1.82. The first kappa shape index (κ1) is 10.8. The van der Waals surface area contributed by atoms with Crippen LogP contribution in [0, 0.1) is 11.8 Å². The first-order valence-corrected chi connectivity index (χ1v) is 4.34. The van der Waals surface area contributed by atoms with E-state index in [1.807, 2.05) is 0 Å². The van der Waals surface area contributed by atoms with Crippen molar-refractivity contribution in [3.63, 3.8) is 0 Å². The van der Waals surface area contributed by atoms with Crippen molar-refractivity contribution in [1.82, 2.24) is 0 Å². The molecule has 5 heteroatoms. The molecule has 0 aromatic rings. The summed E-state index contributed by atoms with van der Waals surface area (Å²) < 4.78 is 49.5. The minimum absolute atomic E-state index is 0.0135. The molecule has 13 heavy (non-hydrogen) atoms. The molecular formula is C8H13F4N. The third kappa shape index (κ3) is 2.83. The molecule has 0 saturated heterocycles. The standard InChI is InChI=1S/C8H13F4N/c9-7-2-5(4-13)1-6(3-7)8(10,11)12/h5-7H,1-4,13H2. The van der Waals surface area contributed by atoms with Crippen LogP contribution in [-0.4, -0.2) is 18.9 Å². The van der Waals surface area contributed by atoms with Crippen LogP contribution in [0.15, 0.2) is 0 Å². The summed E-state index contributed by atoms with van der Waals surface area (Å²) in [6, 6.07) is 0. The second kappa shape index (κ2) is 3.82. The highest BCUT2D eigenvalue weighted by molar-refractivity contribution is 4.82. The maximum absolute atomic E-state index is 12.8. The maximum Gasteiger partial charge on any atom is 0.391 e. The number of nitrogens with two attached hydrogens (primary N) is 1. The third-order valence-corrected chi connectivity index (χ3v) is 2.54. The Labute approximate surface area is 74.3 Å². The highest BCUT2D eigenvalue weighted by Crippen LogP contribution is 2.40. The van der Waals surface area contributed by atoms with Gasteiger partial charge in [0.2, 0.25) is 0 Å². The molecule has 0 aromatic heterocycles. The van der Waals surface area contributed by atoms with E-state index in [-0.39, 0.29) is 31.7 Å². The molecule has 0 heterocycles. The van der Waals surface area contributed by atoms with E-state index in [4.69, 9.17) is 5.73 Å². The summed E-state index contributed by atoms with van der Waals surface area (Å²) in [6.45, 7) is 0.146. The van der Waals surface area contributed by atoms with Gasteiger partial charge in [0.05, 0.1) is 5.92 Å². The molecule has 78 valence electrons. The van der Waals surface area contributed by atoms with E-state index < -0.39 is 18.3 Å². The molecule has 0 spiro atoms. The topological polar surface area (TPSA) is 26.0 Å². The van der Waals surface area contributed by atoms with Crippen LogP contribution >= 0.6 is 0 Å². The highest BCUT2D eigenvalue weighted by Gasteiger charge is 2.44. The quantitative estimate of drug-likeness (QED) is 0.644. The Morgan fingerprint density at radius 1 is 1.15 bits per heavy atom. The van der Waals surface area contributed by atoms with Gasteiger partial charge in [-0.1, -0.05) is 0 Å². The average Bonchev–Trinajstić information content (AvgIpc) is 2.01. The molecule has 2 N–H and O–H groups in total. The maximum atomic E-state index is 12.8. The zero-order chi connectivity index (χ0) is 10.1. The van der Waals surface area contributed by atoms with Crippen LogP contribution in [-0.2, 0) is 0 Å². The molecule has 1 aliphatic rings. The first-order chi connectivity index (χ1) is 5.93. The number of halogens is 4. The van der Waals surface area contributed by atoms with Crippen LogP contribution in [0.1, 0.15) is 19.3 Å². The van der Waals surface area contributed by atoms with Crippen LogP contribution < -0.4 is 5.73 Å². The van der Waals surface area contributed by atoms with E-state index in [0.29, 0.717) is 0 Å². The molecule has 0 aromatic carbocycles. The first-order valence-electron chi connectivity index (χ1n) is 4.34. The van der Waals surface area contributed by atoms with E-state index in [1.54, 1.807) is 0 Å². The molecule has 0 amide bonds. The van der Waals surface area contributed by atoms with Gasteiger partial charge in [-0.3, -0.25) is 0 Å². The van der Waals surface area contributed by atoms with E-state index >= 15 is 0 Å². The lowest BCUT2D eigenvalue weighted by molar-refractivity contribution is -0.190. The summed E-state index contributed by atoms with van der Waals surface area (Å²) in [5.74, 6) is -1.81. The smallest absolute Gasteiger partial charge is 0.330 e. The lowest BCUT2D eigenvalue weighted by atomic mass is 9.80. The second-order valence-electron chi connectivity index (χ2n) is 3.64. The molecule has 1 rings (SSSR count). The zero-order valence-electron chi connectivity index (χ0n) is 7.15. The molecule has 1 saturated carbocycles. The molecule has 1 nitrogen and oxygen atoms in total. The predicted molar refractivity (Wildman–Crippen MR) is 40.8 cm³/mol. The van der Waals surface area contributed by atoms with Gasteiger partial charge in [-0.15, -0.1) is 0 Å². The molecular weight excluding hydrogens is 186 g/mol. The Morgan fingerprint density at radius 3 is 2.23 bits per heavy atom. The van der Waals surface area contributed by atoms with Gasteiger partial charge in [-0.05, 0) is 31.7 Å². The van der Waals surface area contributed by atoms with E-state index in [2.05, 4.69) is 0 Å². The van der Waals surface area contributed by atoms with Gasteiger partial charge in [0, 0.05) is 0 Å². The van der Waals surface area contributed by atoms with Crippen molar-refractivity contribution in [2.75, 3.05) is 6.54 Å². The summed E-state index contributed by atoms with van der Waals surface area (Å²) >= 11 is 0. The second-order valence-corrected chi connectivity index (χ2v) is 3.64. The van der Waals surface area contributed by atoms with E-state index in [0.717, 1.165) is 0 Å². The van der Waals surface area contributed by atoms with Crippen LogP contribution in [0.5, 0.6) is 0 Å². The minimum atomic E-state index is -4.27. The van der Waals surface area contributed by atoms with Gasteiger partial charge < -0.3 is 5.73 Å². The van der Waals surface area contributed by atoms with Gasteiger partial charge in [0.1, 0.15) is 6.17 Å². The zero-order valence-corrected chi connectivity index (χ0v) is 7.15. The summed E-state index contributed by atoms with van der Waals surface area (Å²) in [5, 5.41) is 0. The summed E-state index contributed by atoms with van der Waals surface area (Å²) in [5.41, 5.74) is 5.24. The fourth-order valence-corrected chi connectivity index (χ4v) is 1.82. The van der Waals surface area contributed by atoms with E-state index in [9.17, 15) is 17.6 Å². The predicted octanol–water partition coefficient (Wildman–Crippen LogP) is 2.26. The molecule has 3 atom stereocenters. The van der Waals surface area contributed by atoms with E-state index in [1.165, 1.54) is 0 Å². The number of rotatable bonds is 1. The third-order valence-electron chi connectivity index (χ3n) is 2.54. The van der Waals surface area contributed by atoms with Gasteiger partial charge >= 0.3 is 6.18 Å². The number of hydrogen-bond donors (Lipinski definition) is 1. The molecule has 0 radical (unpaired) electrons. The van der Waals surface area contributed by atoms with Crippen LogP contribution in [0.2, 0.25) is 0 Å². The van der Waals surface area contributed by atoms with Crippen molar-refractivity contribution in [3.05, 3.63) is 0 Å². The lowest BCUT2D eigenvalue weighted by Gasteiger charge is -2.31. The van der Waals surface area contributed by atoms with Crippen molar-refractivity contribution in [3.8, 4) is 0 Å². The number of hydrogen-bond acceptors (Lipinski definition) is 1. The van der Waals surface area contributed by atoms with Crippen molar-refractivity contribution in [1.29, 1.82) is 0 Å². The van der Waals surface area contributed by atoms with Crippen molar-refractivity contribution < 1.29 is 17.6 Å². The summed E-state index contributed by atoms with van der Waals surface area (Å²) in [6.07, 6.45) is -5.82. The number of alkyl halides is 4. The monoisotopic (exact) mass is 199 g/mol. The normalized spacial score (nSPS) is 36.2. The molecule has 0 bridgehead atoms. The van der Waals surface area contributed by atoms with Crippen molar-refractivity contribution in [2.45, 2.75) is 31.6 Å². The Hall–Kier alpha value is -0.320. The van der Waals surface area contributed by atoms with Gasteiger partial charge in [0.25, 0.3) is 0 Å². The highest BCUT2D eigenvalue weighted by atomic mass is 19.4. The van der Waals surface area contributed by atoms with Crippen molar-refractivity contribution in [2.24, 2.45) is 17.6 Å². The molecule has 0 aliphatic heterocycles. The largest absolute Gasteiger partial charge is 0.391 e. The Kier molecular flexibility index (Phi) is 3.16. The Bertz CT molecular complexity index is 168. The molecule has 1 aliphatic carbocycles. The van der Waals surface area contributed by atoms with Crippen LogP contribution in [0.4, 0.5) is 17.6 Å². The fraction of sp³-hybridized carbons (Fsp3) is 1.00. The van der Waals surface area contributed by atoms with Gasteiger partial charge in [-0.25, -0.2) is 4.39 Å². The molecule has 3 unspecified atom stereocenters. The average molecular weight is 199 g/mol. The SMILES string of the molecule is NCC1CC(F)CC(C(F)(F)F)C1. The van der Waals surface area contributed by atoms with Gasteiger partial charge in [0.15, 0.2) is 0 Å². The Morgan fingerprint density at radius 2 is 1.77 bits per heavy atom. The summed E-state index contributed by atoms with van der Waals surface area (Å²) in [4.78, 5) is 0. The van der Waals surface area contributed by atoms with Crippen molar-refractivity contribution >= 4 is 0 Å². The lowest BCUT2D eigenvalue weighted by Crippen LogP contribution is -2.35. The molecule has 1 fully saturated rings. The summed E-state index contributed by atoms with van der Waals surface area (Å²) in [7, 11) is 0. The van der Waals surface area contributed by atoms with Crippen LogP contribution in [0.25, 0.3) is 0 Å². The minimum Gasteiger partial charge on any atom is -0.330 e. The van der Waals surface area contributed by atoms with Crippen LogP contribution in [0.3, 0.4) is 0 Å².